The van der Waals surface area contributed by atoms with Gasteiger partial charge in [-0.3, -0.25) is 9.98 Å². The number of para-hydroxylation sites is 2. The molecule has 0 amide bonds. The van der Waals surface area contributed by atoms with Crippen molar-refractivity contribution in [1.29, 1.82) is 0 Å². The molecule has 0 unspecified atom stereocenters. The average molecular weight is 1170 g/mol. The SMILES string of the molecule is CCCCCCCCCCCCCCCCCCCCCCCC#CCCCc1ccccc1N=C(CCCC)C(CCCCC)=Nc1ccccc1CCCC#CCCCCCCCCCCCCCCCCCCCCCCC.[Ni]. The molecule has 2 nitrogen and oxygen atoms in total. The Morgan fingerprint density at radius 2 is 0.476 bits per heavy atom. The van der Waals surface area contributed by atoms with Crippen molar-refractivity contribution in [2.45, 2.75) is 394 Å². The molecule has 0 aliphatic rings. The van der Waals surface area contributed by atoms with Gasteiger partial charge in [-0.05, 0) is 87.5 Å². The second-order valence-electron chi connectivity index (χ2n) is 25.0. The summed E-state index contributed by atoms with van der Waals surface area (Å²) in [7, 11) is 0. The maximum Gasteiger partial charge on any atom is 0.0665 e. The Kier molecular flexibility index (Phi) is 59.4. The first-order chi connectivity index (χ1) is 40.2. The van der Waals surface area contributed by atoms with Gasteiger partial charge >= 0.3 is 0 Å². The van der Waals surface area contributed by atoms with Crippen LogP contribution in [-0.4, -0.2) is 11.4 Å². The van der Waals surface area contributed by atoms with Crippen LogP contribution in [0.2, 0.25) is 0 Å². The molecule has 0 aromatic heterocycles. The van der Waals surface area contributed by atoms with Crippen LogP contribution < -0.4 is 0 Å². The minimum atomic E-state index is 0. The van der Waals surface area contributed by atoms with Crippen LogP contribution in [0.1, 0.15) is 392 Å². The number of hydrogen-bond acceptors (Lipinski definition) is 2. The van der Waals surface area contributed by atoms with Crippen LogP contribution in [0, 0.1) is 23.7 Å². The van der Waals surface area contributed by atoms with E-state index in [1.165, 1.54) is 305 Å². The first-order valence-corrected chi connectivity index (χ1v) is 36.5. The van der Waals surface area contributed by atoms with E-state index in [0.29, 0.717) is 0 Å². The van der Waals surface area contributed by atoms with E-state index in [2.05, 4.69) is 99.9 Å². The molecule has 0 heterocycles. The third-order valence-electron chi connectivity index (χ3n) is 17.2. The van der Waals surface area contributed by atoms with Crippen LogP contribution in [0.3, 0.4) is 0 Å². The van der Waals surface area contributed by atoms with Gasteiger partial charge in [0.2, 0.25) is 0 Å². The molecule has 82 heavy (non-hydrogen) atoms. The number of rotatable bonds is 58. The fourth-order valence-electron chi connectivity index (χ4n) is 11.7. The summed E-state index contributed by atoms with van der Waals surface area (Å²) >= 11 is 0. The van der Waals surface area contributed by atoms with Gasteiger partial charge in [0.1, 0.15) is 0 Å². The Labute approximate surface area is 523 Å². The Hall–Kier alpha value is -2.61. The molecule has 0 N–H and O–H groups in total. The quantitative estimate of drug-likeness (QED) is 0.0273. The molecule has 0 fully saturated rings. The van der Waals surface area contributed by atoms with Gasteiger partial charge in [0.05, 0.1) is 22.8 Å². The minimum Gasteiger partial charge on any atom is -0.251 e. The molecule has 0 spiro atoms. The van der Waals surface area contributed by atoms with E-state index in [9.17, 15) is 0 Å². The molecule has 0 radical (unpaired) electrons. The first kappa shape index (κ1) is 77.4. The smallest absolute Gasteiger partial charge is 0.0665 e. The second kappa shape index (κ2) is 62.9. The molecule has 3 heteroatoms. The Balaban J connectivity index is 0.0000336. The standard InChI is InChI=1S/C79H134N2.Ni/c1-5-9-13-15-17-19-21-23-25-27-29-31-33-35-37-39-41-43-45-47-49-51-53-55-57-60-66-74-68-62-64-71-76(74)80-78(70-12-8-4)79(73-59-11-7-3)81-77-72-65-63-69-75(77)67-61-58-56-54-52-50-48-46-44-42-40-38-36-34-32-30-28-26-24-22-20-18-16-14-10-6-2;/h62-65,68-69,71-72H,5-52,57-61,66-67,70,73H2,1-4H3;. The fraction of sp³-hybridized carbons (Fsp3) is 0.772. The van der Waals surface area contributed by atoms with Gasteiger partial charge in [0.15, 0.2) is 0 Å². The summed E-state index contributed by atoms with van der Waals surface area (Å²) in [6, 6.07) is 17.7. The summed E-state index contributed by atoms with van der Waals surface area (Å²) in [6.07, 6.45) is 76.1. The van der Waals surface area contributed by atoms with Crippen molar-refractivity contribution in [3.63, 3.8) is 0 Å². The maximum atomic E-state index is 5.52. The molecular formula is C79H134N2Ni. The van der Waals surface area contributed by atoms with Crippen molar-refractivity contribution >= 4 is 22.8 Å². The molecule has 470 valence electrons. The summed E-state index contributed by atoms with van der Waals surface area (Å²) in [6.45, 7) is 9.21. The van der Waals surface area contributed by atoms with E-state index in [0.717, 1.165) is 94.8 Å². The zero-order valence-electron chi connectivity index (χ0n) is 55.1. The maximum absolute atomic E-state index is 5.52. The number of hydrogen-bond donors (Lipinski definition) is 0. The van der Waals surface area contributed by atoms with Gasteiger partial charge in [-0.2, -0.15) is 0 Å². The van der Waals surface area contributed by atoms with Crippen molar-refractivity contribution in [3.8, 4) is 23.7 Å². The van der Waals surface area contributed by atoms with Gasteiger partial charge < -0.3 is 0 Å². The molecule has 2 aromatic carbocycles. The van der Waals surface area contributed by atoms with E-state index >= 15 is 0 Å². The van der Waals surface area contributed by atoms with Crippen molar-refractivity contribution in [1.82, 2.24) is 0 Å². The number of nitrogens with zero attached hydrogens (tertiary/aromatic N) is 2. The molecule has 0 saturated carbocycles. The molecule has 2 rings (SSSR count). The first-order valence-electron chi connectivity index (χ1n) is 36.5. The van der Waals surface area contributed by atoms with Gasteiger partial charge in [0.25, 0.3) is 0 Å². The van der Waals surface area contributed by atoms with E-state index < -0.39 is 0 Å². The average Bonchev–Trinajstić information content (AvgIpc) is 3.51. The van der Waals surface area contributed by atoms with Gasteiger partial charge in [-0.15, -0.1) is 23.7 Å². The second-order valence-corrected chi connectivity index (χ2v) is 25.0. The van der Waals surface area contributed by atoms with Crippen LogP contribution in [0.25, 0.3) is 0 Å². The molecule has 2 aromatic rings. The van der Waals surface area contributed by atoms with Crippen LogP contribution in [0.5, 0.6) is 0 Å². The Bertz CT molecular complexity index is 1850. The normalized spacial score (nSPS) is 11.6. The number of aryl methyl sites for hydroxylation is 2. The summed E-state index contributed by atoms with van der Waals surface area (Å²) in [5.41, 5.74) is 7.30. The van der Waals surface area contributed by atoms with E-state index in [1.54, 1.807) is 0 Å². The molecule has 0 saturated heterocycles. The molecule has 0 aliphatic heterocycles. The minimum absolute atomic E-state index is 0. The largest absolute Gasteiger partial charge is 0.251 e. The predicted molar refractivity (Wildman–Crippen MR) is 367 cm³/mol. The van der Waals surface area contributed by atoms with Crippen molar-refractivity contribution in [2.24, 2.45) is 9.98 Å². The topological polar surface area (TPSA) is 24.7 Å². The summed E-state index contributed by atoms with van der Waals surface area (Å²) < 4.78 is 0. The number of aliphatic imine (C=N–C) groups is 2. The van der Waals surface area contributed by atoms with Crippen LogP contribution >= 0.6 is 0 Å². The van der Waals surface area contributed by atoms with Gasteiger partial charge in [-0.25, -0.2) is 0 Å². The zero-order valence-corrected chi connectivity index (χ0v) is 56.1. The Morgan fingerprint density at radius 3 is 0.756 bits per heavy atom. The van der Waals surface area contributed by atoms with Crippen LogP contribution in [0.15, 0.2) is 58.5 Å². The number of unbranched alkanes of at least 4 members (excludes halogenated alkanes) is 47. The summed E-state index contributed by atoms with van der Waals surface area (Å²) in [5, 5.41) is 0. The number of benzene rings is 2. The van der Waals surface area contributed by atoms with Crippen molar-refractivity contribution in [3.05, 3.63) is 59.7 Å². The van der Waals surface area contributed by atoms with Crippen LogP contribution in [-0.2, 0) is 29.3 Å². The molecular weight excluding hydrogens is 1040 g/mol. The van der Waals surface area contributed by atoms with E-state index in [-0.39, 0.29) is 16.5 Å². The third kappa shape index (κ3) is 48.6. The van der Waals surface area contributed by atoms with Crippen molar-refractivity contribution < 1.29 is 16.5 Å². The predicted octanol–water partition coefficient (Wildman–Crippen LogP) is 27.2. The monoisotopic (exact) mass is 1170 g/mol. The zero-order chi connectivity index (χ0) is 57.7. The van der Waals surface area contributed by atoms with E-state index in [1.807, 2.05) is 0 Å². The summed E-state index contributed by atoms with van der Waals surface area (Å²) in [4.78, 5) is 11.0. The van der Waals surface area contributed by atoms with Gasteiger partial charge in [-0.1, -0.05) is 340 Å². The molecule has 0 bridgehead atoms. The molecule has 0 atom stereocenters. The third-order valence-corrected chi connectivity index (χ3v) is 17.2. The van der Waals surface area contributed by atoms with Gasteiger partial charge in [0, 0.05) is 42.2 Å². The summed E-state index contributed by atoms with van der Waals surface area (Å²) in [5.74, 6) is 14.1. The fourth-order valence-corrected chi connectivity index (χ4v) is 11.7. The van der Waals surface area contributed by atoms with Crippen LogP contribution in [0.4, 0.5) is 11.4 Å². The van der Waals surface area contributed by atoms with E-state index in [4.69, 9.17) is 9.98 Å². The Morgan fingerprint density at radius 1 is 0.256 bits per heavy atom. The van der Waals surface area contributed by atoms with Crippen molar-refractivity contribution in [2.75, 3.05) is 0 Å². The molecule has 0 aliphatic carbocycles.